The molecule has 7 atom stereocenters. The molecule has 4 nitrogen and oxygen atoms in total. The molecular formula is C24H37NO3. The molecule has 28 heavy (non-hydrogen) atoms. The van der Waals surface area contributed by atoms with E-state index in [4.69, 9.17) is 9.47 Å². The number of ether oxygens (including phenoxy) is 2. The smallest absolute Gasteiger partial charge is 0.157 e. The number of oxime groups is 1. The van der Waals surface area contributed by atoms with Crippen LogP contribution >= 0.6 is 0 Å². The molecule has 4 heteroatoms. The Morgan fingerprint density at radius 3 is 2.68 bits per heavy atom. The van der Waals surface area contributed by atoms with Gasteiger partial charge in [0, 0.05) is 12.0 Å². The summed E-state index contributed by atoms with van der Waals surface area (Å²) in [6.45, 7) is 5.77. The Balaban J connectivity index is 1.32. The Hall–Kier alpha value is -0.870. The van der Waals surface area contributed by atoms with Crippen LogP contribution in [0.25, 0.3) is 0 Å². The standard InChI is InChI=1S/C24H37NO3/c1-23-12-10-17(28-22-5-3-4-14-27-22)15-16(23)6-7-18-19-8-9-21(25-26)24(19,2)13-11-20(18)23/h6,17-20,22,26H,3-5,7-15H2,1-2H3/t17-,18-,19?,20?,22?,23-,24-/m0/s1. The van der Waals surface area contributed by atoms with Crippen molar-refractivity contribution in [1.82, 2.24) is 0 Å². The van der Waals surface area contributed by atoms with E-state index < -0.39 is 0 Å². The summed E-state index contributed by atoms with van der Waals surface area (Å²) in [6, 6.07) is 0. The molecule has 0 aromatic rings. The van der Waals surface area contributed by atoms with Crippen LogP contribution < -0.4 is 0 Å². The zero-order chi connectivity index (χ0) is 19.4. The monoisotopic (exact) mass is 387 g/mol. The largest absolute Gasteiger partial charge is 0.411 e. The van der Waals surface area contributed by atoms with Gasteiger partial charge in [0.2, 0.25) is 0 Å². The van der Waals surface area contributed by atoms with E-state index in [0.29, 0.717) is 17.4 Å². The van der Waals surface area contributed by atoms with Crippen LogP contribution in [0.2, 0.25) is 0 Å². The molecule has 3 unspecified atom stereocenters. The highest BCUT2D eigenvalue weighted by Crippen LogP contribution is 2.64. The molecule has 0 spiro atoms. The molecule has 1 saturated heterocycles. The third-order valence-electron chi connectivity index (χ3n) is 9.40. The Morgan fingerprint density at radius 2 is 1.89 bits per heavy atom. The fourth-order valence-corrected chi connectivity index (χ4v) is 7.73. The van der Waals surface area contributed by atoms with E-state index in [1.807, 2.05) is 0 Å². The molecule has 1 N–H and O–H groups in total. The lowest BCUT2D eigenvalue weighted by Crippen LogP contribution is -2.50. The summed E-state index contributed by atoms with van der Waals surface area (Å²) in [5.74, 6) is 2.23. The fraction of sp³-hybridized carbons (Fsp3) is 0.875. The summed E-state index contributed by atoms with van der Waals surface area (Å²) in [4.78, 5) is 0. The van der Waals surface area contributed by atoms with Crippen molar-refractivity contribution in [3.8, 4) is 0 Å². The van der Waals surface area contributed by atoms with Crippen LogP contribution in [-0.4, -0.2) is 29.9 Å². The molecular weight excluding hydrogens is 350 g/mol. The van der Waals surface area contributed by atoms with E-state index in [2.05, 4.69) is 25.1 Å². The molecule has 3 saturated carbocycles. The molecule has 1 aliphatic heterocycles. The predicted octanol–water partition coefficient (Wildman–Crippen LogP) is 5.69. The van der Waals surface area contributed by atoms with E-state index in [-0.39, 0.29) is 11.7 Å². The number of hydrogen-bond acceptors (Lipinski definition) is 4. The lowest BCUT2D eigenvalue weighted by Gasteiger charge is -2.57. The molecule has 4 fully saturated rings. The quantitative estimate of drug-likeness (QED) is 0.376. The normalized spacial score (nSPS) is 49.9. The van der Waals surface area contributed by atoms with Crippen LogP contribution in [0, 0.1) is 28.6 Å². The van der Waals surface area contributed by atoms with Crippen LogP contribution in [0.4, 0.5) is 0 Å². The van der Waals surface area contributed by atoms with Crippen LogP contribution in [0.1, 0.15) is 84.5 Å². The maximum absolute atomic E-state index is 9.52. The number of fused-ring (bicyclic) bond motifs is 5. The fourth-order valence-electron chi connectivity index (χ4n) is 7.73. The average molecular weight is 388 g/mol. The lowest BCUT2D eigenvalue weighted by atomic mass is 9.48. The van der Waals surface area contributed by atoms with Gasteiger partial charge in [0.1, 0.15) is 0 Å². The van der Waals surface area contributed by atoms with Gasteiger partial charge in [0.25, 0.3) is 0 Å². The third kappa shape index (κ3) is 2.89. The summed E-state index contributed by atoms with van der Waals surface area (Å²) in [7, 11) is 0. The molecule has 4 aliphatic carbocycles. The Labute approximate surface area is 169 Å². The number of rotatable bonds is 2. The van der Waals surface area contributed by atoms with Gasteiger partial charge in [-0.3, -0.25) is 0 Å². The molecule has 0 radical (unpaired) electrons. The second kappa shape index (κ2) is 7.12. The summed E-state index contributed by atoms with van der Waals surface area (Å²) in [5, 5.41) is 13.2. The SMILES string of the molecule is C[C@]12CC[C@H](OC3CCCCO3)CC1=CC[C@@H]1C2CC[C@]2(C)C(=NO)CCC12. The van der Waals surface area contributed by atoms with E-state index in [0.717, 1.165) is 43.4 Å². The second-order valence-electron chi connectivity index (χ2n) is 10.6. The van der Waals surface area contributed by atoms with Crippen molar-refractivity contribution < 1.29 is 14.7 Å². The molecule has 0 aromatic heterocycles. The van der Waals surface area contributed by atoms with Gasteiger partial charge < -0.3 is 14.7 Å². The lowest BCUT2D eigenvalue weighted by molar-refractivity contribution is -0.195. The van der Waals surface area contributed by atoms with Crippen molar-refractivity contribution >= 4 is 5.71 Å². The highest BCUT2D eigenvalue weighted by atomic mass is 16.7. The van der Waals surface area contributed by atoms with Crippen LogP contribution in [-0.2, 0) is 9.47 Å². The Kier molecular flexibility index (Phi) is 4.86. The number of hydrogen-bond donors (Lipinski definition) is 1. The maximum atomic E-state index is 9.52. The van der Waals surface area contributed by atoms with Gasteiger partial charge in [-0.05, 0) is 93.8 Å². The van der Waals surface area contributed by atoms with E-state index in [9.17, 15) is 5.21 Å². The van der Waals surface area contributed by atoms with Gasteiger partial charge in [0.15, 0.2) is 6.29 Å². The van der Waals surface area contributed by atoms with E-state index in [1.54, 1.807) is 5.57 Å². The predicted molar refractivity (Wildman–Crippen MR) is 109 cm³/mol. The van der Waals surface area contributed by atoms with Gasteiger partial charge in [0.05, 0.1) is 11.8 Å². The van der Waals surface area contributed by atoms with Crippen molar-refractivity contribution in [2.75, 3.05) is 6.61 Å². The maximum Gasteiger partial charge on any atom is 0.157 e. The van der Waals surface area contributed by atoms with Gasteiger partial charge in [-0.1, -0.05) is 30.7 Å². The van der Waals surface area contributed by atoms with E-state index in [1.165, 1.54) is 51.4 Å². The zero-order valence-electron chi connectivity index (χ0n) is 17.7. The van der Waals surface area contributed by atoms with Gasteiger partial charge in [-0.25, -0.2) is 0 Å². The third-order valence-corrected chi connectivity index (χ3v) is 9.40. The Morgan fingerprint density at radius 1 is 1.07 bits per heavy atom. The first kappa shape index (κ1) is 19.1. The average Bonchev–Trinajstić information content (AvgIpc) is 3.05. The number of nitrogens with zero attached hydrogens (tertiary/aromatic N) is 1. The molecule has 0 bridgehead atoms. The van der Waals surface area contributed by atoms with Crippen LogP contribution in [0.15, 0.2) is 16.8 Å². The van der Waals surface area contributed by atoms with Crippen molar-refractivity contribution in [2.24, 2.45) is 33.7 Å². The van der Waals surface area contributed by atoms with Gasteiger partial charge in [-0.2, -0.15) is 0 Å². The van der Waals surface area contributed by atoms with Gasteiger partial charge >= 0.3 is 0 Å². The summed E-state index contributed by atoms with van der Waals surface area (Å²) in [5.41, 5.74) is 3.21. The minimum absolute atomic E-state index is 0.0325. The van der Waals surface area contributed by atoms with Gasteiger partial charge in [-0.15, -0.1) is 0 Å². The first-order valence-electron chi connectivity index (χ1n) is 11.7. The molecule has 5 aliphatic rings. The van der Waals surface area contributed by atoms with Crippen molar-refractivity contribution in [3.63, 3.8) is 0 Å². The van der Waals surface area contributed by atoms with Crippen molar-refractivity contribution in [1.29, 1.82) is 0 Å². The highest BCUT2D eigenvalue weighted by molar-refractivity contribution is 5.92. The minimum atomic E-state index is 0.0325. The Bertz CT molecular complexity index is 667. The van der Waals surface area contributed by atoms with Crippen molar-refractivity contribution in [3.05, 3.63) is 11.6 Å². The van der Waals surface area contributed by atoms with E-state index >= 15 is 0 Å². The summed E-state index contributed by atoms with van der Waals surface area (Å²) < 4.78 is 12.2. The minimum Gasteiger partial charge on any atom is -0.411 e. The topological polar surface area (TPSA) is 51.0 Å². The highest BCUT2D eigenvalue weighted by Gasteiger charge is 2.58. The molecule has 5 rings (SSSR count). The molecule has 0 aromatic carbocycles. The van der Waals surface area contributed by atoms with Crippen molar-refractivity contribution in [2.45, 2.75) is 96.9 Å². The van der Waals surface area contributed by atoms with Crippen LogP contribution in [0.3, 0.4) is 0 Å². The number of allylic oxidation sites excluding steroid dienone is 1. The molecule has 0 amide bonds. The first-order valence-corrected chi connectivity index (χ1v) is 11.7. The molecule has 156 valence electrons. The second-order valence-corrected chi connectivity index (χ2v) is 10.6. The van der Waals surface area contributed by atoms with Crippen LogP contribution in [0.5, 0.6) is 0 Å². The first-order chi connectivity index (χ1) is 13.5. The summed E-state index contributed by atoms with van der Waals surface area (Å²) in [6.07, 6.45) is 15.8. The molecule has 1 heterocycles. The summed E-state index contributed by atoms with van der Waals surface area (Å²) >= 11 is 0. The zero-order valence-corrected chi connectivity index (χ0v) is 17.7.